The highest BCUT2D eigenvalue weighted by Gasteiger charge is 2.08. The van der Waals surface area contributed by atoms with Crippen LogP contribution in [-0.4, -0.2) is 20.8 Å². The number of benzene rings is 1. The Hall–Kier alpha value is -0.930. The van der Waals surface area contributed by atoms with Crippen LogP contribution in [0.1, 0.15) is 12.5 Å². The molecule has 0 spiro atoms. The fourth-order valence-corrected chi connectivity index (χ4v) is 1.51. The standard InChI is InChI=1S/C11H16ClNO2/c1-4-13-7-8-5-10(14-2)11(15-3)6-9(8)12/h5-6,13H,4,7H2,1-3H3. The summed E-state index contributed by atoms with van der Waals surface area (Å²) in [5.41, 5.74) is 1.01. The van der Waals surface area contributed by atoms with Crippen LogP contribution in [0.5, 0.6) is 11.5 Å². The van der Waals surface area contributed by atoms with Gasteiger partial charge in [-0.15, -0.1) is 0 Å². The second kappa shape index (κ2) is 5.83. The predicted octanol–water partition coefficient (Wildman–Crippen LogP) is 2.47. The van der Waals surface area contributed by atoms with Crippen molar-refractivity contribution < 1.29 is 9.47 Å². The molecule has 0 radical (unpaired) electrons. The van der Waals surface area contributed by atoms with Crippen LogP contribution >= 0.6 is 11.6 Å². The van der Waals surface area contributed by atoms with Crippen LogP contribution in [0, 0.1) is 0 Å². The highest BCUT2D eigenvalue weighted by Crippen LogP contribution is 2.32. The Kier molecular flexibility index (Phi) is 4.72. The van der Waals surface area contributed by atoms with Crippen LogP contribution < -0.4 is 14.8 Å². The molecule has 0 atom stereocenters. The molecule has 0 fully saturated rings. The van der Waals surface area contributed by atoms with Crippen LogP contribution in [-0.2, 0) is 6.54 Å². The summed E-state index contributed by atoms with van der Waals surface area (Å²) in [6, 6.07) is 3.66. The molecule has 4 heteroatoms. The van der Waals surface area contributed by atoms with Crippen molar-refractivity contribution in [3.63, 3.8) is 0 Å². The molecule has 1 N–H and O–H groups in total. The zero-order valence-corrected chi connectivity index (χ0v) is 10.0. The Labute approximate surface area is 95.3 Å². The molecule has 0 aliphatic rings. The summed E-state index contributed by atoms with van der Waals surface area (Å²) >= 11 is 6.10. The molecule has 0 heterocycles. The Morgan fingerprint density at radius 3 is 2.33 bits per heavy atom. The second-order valence-corrected chi connectivity index (χ2v) is 3.49. The van der Waals surface area contributed by atoms with E-state index in [4.69, 9.17) is 21.1 Å². The van der Waals surface area contributed by atoms with Crippen LogP contribution in [0.4, 0.5) is 0 Å². The minimum atomic E-state index is 0.655. The molecule has 0 aromatic heterocycles. The largest absolute Gasteiger partial charge is 0.493 e. The third-order valence-electron chi connectivity index (χ3n) is 2.12. The molecule has 3 nitrogen and oxygen atoms in total. The van der Waals surface area contributed by atoms with E-state index in [0.717, 1.165) is 18.7 Å². The summed E-state index contributed by atoms with van der Waals surface area (Å²) in [4.78, 5) is 0. The summed E-state index contributed by atoms with van der Waals surface area (Å²) in [6.07, 6.45) is 0. The Morgan fingerprint density at radius 1 is 1.20 bits per heavy atom. The lowest BCUT2D eigenvalue weighted by Gasteiger charge is -2.11. The van der Waals surface area contributed by atoms with Gasteiger partial charge in [-0.05, 0) is 18.2 Å². The number of halogens is 1. The zero-order chi connectivity index (χ0) is 11.3. The van der Waals surface area contributed by atoms with Crippen LogP contribution in [0.3, 0.4) is 0 Å². The first-order valence-corrected chi connectivity index (χ1v) is 5.21. The lowest BCUT2D eigenvalue weighted by molar-refractivity contribution is 0.354. The minimum absolute atomic E-state index is 0.655. The van der Waals surface area contributed by atoms with Crippen LogP contribution in [0.15, 0.2) is 12.1 Å². The monoisotopic (exact) mass is 229 g/mol. The summed E-state index contributed by atoms with van der Waals surface area (Å²) in [7, 11) is 3.21. The van der Waals surface area contributed by atoms with E-state index in [2.05, 4.69) is 12.2 Å². The highest BCUT2D eigenvalue weighted by atomic mass is 35.5. The summed E-state index contributed by atoms with van der Waals surface area (Å²) in [5.74, 6) is 1.36. The summed E-state index contributed by atoms with van der Waals surface area (Å²) in [5, 5.41) is 3.90. The molecule has 1 rings (SSSR count). The maximum absolute atomic E-state index is 6.10. The smallest absolute Gasteiger partial charge is 0.162 e. The predicted molar refractivity (Wildman–Crippen MR) is 61.9 cm³/mol. The van der Waals surface area contributed by atoms with Gasteiger partial charge in [0.15, 0.2) is 11.5 Å². The molecule has 0 saturated heterocycles. The van der Waals surface area contributed by atoms with Crippen molar-refractivity contribution in [3.8, 4) is 11.5 Å². The quantitative estimate of drug-likeness (QED) is 0.842. The lowest BCUT2D eigenvalue weighted by Crippen LogP contribution is -2.12. The first-order valence-electron chi connectivity index (χ1n) is 4.84. The SMILES string of the molecule is CCNCc1cc(OC)c(OC)cc1Cl. The van der Waals surface area contributed by atoms with Gasteiger partial charge in [0.2, 0.25) is 0 Å². The maximum atomic E-state index is 6.10. The van der Waals surface area contributed by atoms with Crippen molar-refractivity contribution in [2.24, 2.45) is 0 Å². The summed E-state index contributed by atoms with van der Waals surface area (Å²) in [6.45, 7) is 3.69. The first kappa shape index (κ1) is 12.1. The fraction of sp³-hybridized carbons (Fsp3) is 0.455. The van der Waals surface area contributed by atoms with Crippen molar-refractivity contribution in [2.75, 3.05) is 20.8 Å². The Bertz CT molecular complexity index is 329. The minimum Gasteiger partial charge on any atom is -0.493 e. The molecule has 0 aliphatic heterocycles. The van der Waals surface area contributed by atoms with Gasteiger partial charge in [-0.25, -0.2) is 0 Å². The highest BCUT2D eigenvalue weighted by molar-refractivity contribution is 6.31. The van der Waals surface area contributed by atoms with E-state index in [1.54, 1.807) is 20.3 Å². The van der Waals surface area contributed by atoms with Gasteiger partial charge in [0, 0.05) is 17.6 Å². The van der Waals surface area contributed by atoms with Gasteiger partial charge < -0.3 is 14.8 Å². The van der Waals surface area contributed by atoms with Gasteiger partial charge in [0.05, 0.1) is 14.2 Å². The molecule has 0 bridgehead atoms. The van der Waals surface area contributed by atoms with E-state index in [1.807, 2.05) is 6.07 Å². The van der Waals surface area contributed by atoms with Crippen molar-refractivity contribution in [1.82, 2.24) is 5.32 Å². The van der Waals surface area contributed by atoms with Crippen molar-refractivity contribution >= 4 is 11.6 Å². The summed E-state index contributed by atoms with van der Waals surface area (Å²) < 4.78 is 10.3. The molecular formula is C11H16ClNO2. The average molecular weight is 230 g/mol. The molecule has 0 amide bonds. The Balaban J connectivity index is 2.97. The average Bonchev–Trinajstić information content (AvgIpc) is 2.27. The molecule has 1 aromatic rings. The number of hydrogen-bond acceptors (Lipinski definition) is 3. The van der Waals surface area contributed by atoms with E-state index >= 15 is 0 Å². The van der Waals surface area contributed by atoms with Crippen molar-refractivity contribution in [1.29, 1.82) is 0 Å². The van der Waals surface area contributed by atoms with Crippen LogP contribution in [0.25, 0.3) is 0 Å². The van der Waals surface area contributed by atoms with E-state index in [-0.39, 0.29) is 0 Å². The molecule has 1 aromatic carbocycles. The number of nitrogens with one attached hydrogen (secondary N) is 1. The van der Waals surface area contributed by atoms with Gasteiger partial charge in [0.1, 0.15) is 0 Å². The second-order valence-electron chi connectivity index (χ2n) is 3.08. The number of rotatable bonds is 5. The number of methoxy groups -OCH3 is 2. The lowest BCUT2D eigenvalue weighted by atomic mass is 10.2. The number of ether oxygens (including phenoxy) is 2. The van der Waals surface area contributed by atoms with Crippen molar-refractivity contribution in [2.45, 2.75) is 13.5 Å². The van der Waals surface area contributed by atoms with E-state index in [9.17, 15) is 0 Å². The van der Waals surface area contributed by atoms with Gasteiger partial charge in [0.25, 0.3) is 0 Å². The zero-order valence-electron chi connectivity index (χ0n) is 9.26. The third kappa shape index (κ3) is 3.01. The van der Waals surface area contributed by atoms with Crippen molar-refractivity contribution in [3.05, 3.63) is 22.7 Å². The maximum Gasteiger partial charge on any atom is 0.162 e. The molecule has 0 saturated carbocycles. The van der Waals surface area contributed by atoms with Gasteiger partial charge in [-0.1, -0.05) is 18.5 Å². The van der Waals surface area contributed by atoms with E-state index in [1.165, 1.54) is 0 Å². The van der Waals surface area contributed by atoms with Gasteiger partial charge >= 0.3 is 0 Å². The van der Waals surface area contributed by atoms with Gasteiger partial charge in [-0.2, -0.15) is 0 Å². The molecule has 0 aliphatic carbocycles. The van der Waals surface area contributed by atoms with E-state index < -0.39 is 0 Å². The Morgan fingerprint density at radius 2 is 1.80 bits per heavy atom. The molecule has 84 valence electrons. The normalized spacial score (nSPS) is 10.1. The fourth-order valence-electron chi connectivity index (χ4n) is 1.29. The number of hydrogen-bond donors (Lipinski definition) is 1. The first-order chi connectivity index (χ1) is 7.22. The van der Waals surface area contributed by atoms with E-state index in [0.29, 0.717) is 16.5 Å². The molecule has 15 heavy (non-hydrogen) atoms. The van der Waals surface area contributed by atoms with Gasteiger partial charge in [-0.3, -0.25) is 0 Å². The topological polar surface area (TPSA) is 30.5 Å². The molecular weight excluding hydrogens is 214 g/mol. The third-order valence-corrected chi connectivity index (χ3v) is 2.47. The molecule has 0 unspecified atom stereocenters. The van der Waals surface area contributed by atoms with Crippen LogP contribution in [0.2, 0.25) is 5.02 Å².